The molecule has 1 aliphatic heterocycles. The SMILES string of the molecule is CCOC[C@@H](O)CN1CCN(C(=O)Cc2ccc(C)cc2)CC1. The Bertz CT molecular complexity index is 482. The number of aliphatic hydroxyl groups is 1. The van der Waals surface area contributed by atoms with Crippen LogP contribution in [0.5, 0.6) is 0 Å². The third-order valence-electron chi connectivity index (χ3n) is 4.18. The summed E-state index contributed by atoms with van der Waals surface area (Å²) in [6.45, 7) is 8.65. The second-order valence-electron chi connectivity index (χ2n) is 6.16. The van der Waals surface area contributed by atoms with E-state index in [-0.39, 0.29) is 5.91 Å². The van der Waals surface area contributed by atoms with Crippen LogP contribution in [0.15, 0.2) is 24.3 Å². The molecule has 23 heavy (non-hydrogen) atoms. The Morgan fingerprint density at radius 1 is 1.22 bits per heavy atom. The average molecular weight is 320 g/mol. The molecule has 1 aromatic carbocycles. The maximum Gasteiger partial charge on any atom is 0.227 e. The molecule has 1 saturated heterocycles. The lowest BCUT2D eigenvalue weighted by molar-refractivity contribution is -0.132. The molecule has 0 saturated carbocycles. The summed E-state index contributed by atoms with van der Waals surface area (Å²) in [5.74, 6) is 0.184. The van der Waals surface area contributed by atoms with Crippen LogP contribution in [0.4, 0.5) is 0 Å². The maximum absolute atomic E-state index is 12.4. The molecule has 1 aliphatic rings. The molecular formula is C18H28N2O3. The lowest BCUT2D eigenvalue weighted by Crippen LogP contribution is -2.51. The van der Waals surface area contributed by atoms with E-state index in [2.05, 4.69) is 4.90 Å². The first kappa shape index (κ1) is 17.9. The van der Waals surface area contributed by atoms with Crippen LogP contribution in [-0.2, 0) is 16.0 Å². The van der Waals surface area contributed by atoms with Gasteiger partial charge in [0, 0.05) is 39.3 Å². The van der Waals surface area contributed by atoms with Gasteiger partial charge in [-0.05, 0) is 19.4 Å². The van der Waals surface area contributed by atoms with E-state index >= 15 is 0 Å². The van der Waals surface area contributed by atoms with Crippen LogP contribution >= 0.6 is 0 Å². The molecule has 1 N–H and O–H groups in total. The van der Waals surface area contributed by atoms with Gasteiger partial charge >= 0.3 is 0 Å². The van der Waals surface area contributed by atoms with Crippen molar-refractivity contribution >= 4 is 5.91 Å². The molecule has 128 valence electrons. The quantitative estimate of drug-likeness (QED) is 0.817. The molecule has 0 unspecified atom stereocenters. The van der Waals surface area contributed by atoms with Crippen molar-refractivity contribution in [2.24, 2.45) is 0 Å². The van der Waals surface area contributed by atoms with Gasteiger partial charge in [-0.15, -0.1) is 0 Å². The average Bonchev–Trinajstić information content (AvgIpc) is 2.55. The van der Waals surface area contributed by atoms with Gasteiger partial charge in [0.15, 0.2) is 0 Å². The van der Waals surface area contributed by atoms with Gasteiger partial charge in [0.25, 0.3) is 0 Å². The molecule has 5 heteroatoms. The van der Waals surface area contributed by atoms with E-state index in [1.54, 1.807) is 0 Å². The number of aryl methyl sites for hydroxylation is 1. The third kappa shape index (κ3) is 5.94. The number of β-amino-alcohol motifs (C(OH)–C–C–N with tert-alkyl or cyclic N) is 1. The van der Waals surface area contributed by atoms with Crippen LogP contribution in [-0.4, -0.2) is 72.9 Å². The van der Waals surface area contributed by atoms with E-state index in [1.165, 1.54) is 5.56 Å². The predicted molar refractivity (Wildman–Crippen MR) is 90.4 cm³/mol. The summed E-state index contributed by atoms with van der Waals surface area (Å²) in [7, 11) is 0. The zero-order valence-electron chi connectivity index (χ0n) is 14.2. The molecule has 0 bridgehead atoms. The Hall–Kier alpha value is -1.43. The first-order valence-electron chi connectivity index (χ1n) is 8.40. The highest BCUT2D eigenvalue weighted by Crippen LogP contribution is 2.09. The molecule has 0 aromatic heterocycles. The summed E-state index contributed by atoms with van der Waals surface area (Å²) < 4.78 is 5.23. The molecule has 1 amide bonds. The Morgan fingerprint density at radius 2 is 1.87 bits per heavy atom. The Labute approximate surface area is 138 Å². The molecule has 2 rings (SSSR count). The smallest absolute Gasteiger partial charge is 0.227 e. The van der Waals surface area contributed by atoms with E-state index in [4.69, 9.17) is 4.74 Å². The minimum atomic E-state index is -0.454. The van der Waals surface area contributed by atoms with Crippen LogP contribution in [0.2, 0.25) is 0 Å². The number of aliphatic hydroxyl groups excluding tert-OH is 1. The summed E-state index contributed by atoms with van der Waals surface area (Å²) in [6, 6.07) is 8.13. The number of rotatable bonds is 7. The van der Waals surface area contributed by atoms with Gasteiger partial charge in [0.1, 0.15) is 0 Å². The highest BCUT2D eigenvalue weighted by molar-refractivity contribution is 5.78. The number of benzene rings is 1. The molecule has 5 nitrogen and oxygen atoms in total. The number of piperazine rings is 1. The van der Waals surface area contributed by atoms with E-state index in [1.807, 2.05) is 43.0 Å². The standard InChI is InChI=1S/C18H28N2O3/c1-3-23-14-17(21)13-19-8-10-20(11-9-19)18(22)12-16-6-4-15(2)5-7-16/h4-7,17,21H,3,8-14H2,1-2H3/t17-/m0/s1. The number of carbonyl (C=O) groups is 1. The largest absolute Gasteiger partial charge is 0.389 e. The van der Waals surface area contributed by atoms with Crippen molar-refractivity contribution < 1.29 is 14.6 Å². The van der Waals surface area contributed by atoms with Crippen LogP contribution in [0.25, 0.3) is 0 Å². The Balaban J connectivity index is 1.73. The van der Waals surface area contributed by atoms with Gasteiger partial charge in [-0.25, -0.2) is 0 Å². The zero-order chi connectivity index (χ0) is 16.7. The van der Waals surface area contributed by atoms with Crippen molar-refractivity contribution in [1.29, 1.82) is 0 Å². The van der Waals surface area contributed by atoms with E-state index in [0.717, 1.165) is 31.7 Å². The zero-order valence-corrected chi connectivity index (χ0v) is 14.2. The minimum Gasteiger partial charge on any atom is -0.389 e. The molecular weight excluding hydrogens is 292 g/mol. The predicted octanol–water partition coefficient (Wildman–Crippen LogP) is 1.08. The van der Waals surface area contributed by atoms with E-state index in [9.17, 15) is 9.90 Å². The molecule has 0 radical (unpaired) electrons. The van der Waals surface area contributed by atoms with Gasteiger partial charge < -0.3 is 14.7 Å². The molecule has 0 spiro atoms. The molecule has 0 aliphatic carbocycles. The Kier molecular flexibility index (Phi) is 7.02. The van der Waals surface area contributed by atoms with Crippen LogP contribution in [0.3, 0.4) is 0 Å². The van der Waals surface area contributed by atoms with Crippen molar-refractivity contribution in [3.63, 3.8) is 0 Å². The van der Waals surface area contributed by atoms with Crippen molar-refractivity contribution in [2.45, 2.75) is 26.4 Å². The van der Waals surface area contributed by atoms with Crippen LogP contribution in [0, 0.1) is 6.92 Å². The van der Waals surface area contributed by atoms with Crippen molar-refractivity contribution in [1.82, 2.24) is 9.80 Å². The third-order valence-corrected chi connectivity index (χ3v) is 4.18. The van der Waals surface area contributed by atoms with Crippen molar-refractivity contribution in [2.75, 3.05) is 45.9 Å². The summed E-state index contributed by atoms with van der Waals surface area (Å²) in [4.78, 5) is 16.5. The fourth-order valence-electron chi connectivity index (χ4n) is 2.78. The lowest BCUT2D eigenvalue weighted by Gasteiger charge is -2.35. The second kappa shape index (κ2) is 9.01. The lowest BCUT2D eigenvalue weighted by atomic mass is 10.1. The molecule has 1 atom stereocenters. The molecule has 1 heterocycles. The Morgan fingerprint density at radius 3 is 2.48 bits per heavy atom. The highest BCUT2D eigenvalue weighted by Gasteiger charge is 2.22. The van der Waals surface area contributed by atoms with Crippen LogP contribution in [0.1, 0.15) is 18.1 Å². The van der Waals surface area contributed by atoms with Gasteiger partial charge in [0.05, 0.1) is 19.1 Å². The normalized spacial score (nSPS) is 17.3. The summed E-state index contributed by atoms with van der Waals surface area (Å²) in [5.41, 5.74) is 2.27. The summed E-state index contributed by atoms with van der Waals surface area (Å²) >= 11 is 0. The molecule has 1 fully saturated rings. The fourth-order valence-corrected chi connectivity index (χ4v) is 2.78. The second-order valence-corrected chi connectivity index (χ2v) is 6.16. The molecule has 1 aromatic rings. The first-order valence-corrected chi connectivity index (χ1v) is 8.40. The van der Waals surface area contributed by atoms with E-state index in [0.29, 0.717) is 26.2 Å². The number of hydrogen-bond donors (Lipinski definition) is 1. The minimum absolute atomic E-state index is 0.184. The maximum atomic E-state index is 12.4. The highest BCUT2D eigenvalue weighted by atomic mass is 16.5. The summed E-state index contributed by atoms with van der Waals surface area (Å²) in [6.07, 6.45) is 0.0116. The first-order chi connectivity index (χ1) is 11.1. The topological polar surface area (TPSA) is 53.0 Å². The monoisotopic (exact) mass is 320 g/mol. The van der Waals surface area contributed by atoms with Gasteiger partial charge in [-0.3, -0.25) is 9.69 Å². The van der Waals surface area contributed by atoms with Crippen LogP contribution < -0.4 is 0 Å². The van der Waals surface area contributed by atoms with Gasteiger partial charge in [-0.1, -0.05) is 29.8 Å². The number of amides is 1. The van der Waals surface area contributed by atoms with Crippen molar-refractivity contribution in [3.05, 3.63) is 35.4 Å². The van der Waals surface area contributed by atoms with Gasteiger partial charge in [0.2, 0.25) is 5.91 Å². The number of ether oxygens (including phenoxy) is 1. The number of hydrogen-bond acceptors (Lipinski definition) is 4. The number of nitrogens with zero attached hydrogens (tertiary/aromatic N) is 2. The fraction of sp³-hybridized carbons (Fsp3) is 0.611. The van der Waals surface area contributed by atoms with E-state index < -0.39 is 6.10 Å². The summed E-state index contributed by atoms with van der Waals surface area (Å²) in [5, 5.41) is 9.88. The van der Waals surface area contributed by atoms with Crippen molar-refractivity contribution in [3.8, 4) is 0 Å². The van der Waals surface area contributed by atoms with Gasteiger partial charge in [-0.2, -0.15) is 0 Å². The number of carbonyl (C=O) groups excluding carboxylic acids is 1.